The molecule has 66 heavy (non-hydrogen) atoms. The Labute approximate surface area is 409 Å². The molecule has 0 aliphatic carbocycles. The zero-order valence-electron chi connectivity index (χ0n) is 43.6. The minimum Gasteiger partial charge on any atom is -0.462 e. The Kier molecular flexibility index (Phi) is 51.1. The smallest absolute Gasteiger partial charge is 0.306 e. The van der Waals surface area contributed by atoms with Gasteiger partial charge in [-0.05, 0) is 64.2 Å². The van der Waals surface area contributed by atoms with Crippen molar-refractivity contribution in [3.8, 4) is 0 Å². The van der Waals surface area contributed by atoms with E-state index in [4.69, 9.17) is 4.74 Å². The molecule has 1 amide bonds. The molecule has 3 unspecified atom stereocenters. The molecule has 0 spiro atoms. The van der Waals surface area contributed by atoms with E-state index in [9.17, 15) is 19.8 Å². The van der Waals surface area contributed by atoms with Gasteiger partial charge in [0.05, 0.1) is 25.2 Å². The van der Waals surface area contributed by atoms with E-state index < -0.39 is 18.2 Å². The summed E-state index contributed by atoms with van der Waals surface area (Å²) < 4.78 is 5.92. The van der Waals surface area contributed by atoms with E-state index in [1.54, 1.807) is 0 Å². The highest BCUT2D eigenvalue weighted by Crippen LogP contribution is 2.18. The quantitative estimate of drug-likeness (QED) is 0.0321. The number of carbonyl (C=O) groups is 2. The molecule has 0 aromatic rings. The van der Waals surface area contributed by atoms with Crippen LogP contribution in [0.3, 0.4) is 0 Å². The first kappa shape index (κ1) is 63.3. The van der Waals surface area contributed by atoms with Crippen LogP contribution in [-0.2, 0) is 14.3 Å². The molecule has 0 saturated heterocycles. The molecule has 0 aliphatic heterocycles. The number of aliphatic hydroxyl groups excluding tert-OH is 2. The van der Waals surface area contributed by atoms with Crippen LogP contribution in [-0.4, -0.2) is 46.9 Å². The fourth-order valence-corrected chi connectivity index (χ4v) is 8.34. The summed E-state index contributed by atoms with van der Waals surface area (Å²) in [7, 11) is 0. The number of rotatable bonds is 50. The number of hydrogen-bond donors (Lipinski definition) is 3. The molecular weight excluding hydrogens is 815 g/mol. The summed E-state index contributed by atoms with van der Waals surface area (Å²) in [6.07, 6.45) is 68.3. The van der Waals surface area contributed by atoms with Crippen LogP contribution in [0.15, 0.2) is 72.9 Å². The number of ether oxygens (including phenoxy) is 1. The number of esters is 1. The van der Waals surface area contributed by atoms with Gasteiger partial charge in [0.2, 0.25) is 5.91 Å². The van der Waals surface area contributed by atoms with E-state index in [2.05, 4.69) is 92.9 Å². The van der Waals surface area contributed by atoms with Crippen molar-refractivity contribution in [3.05, 3.63) is 72.9 Å². The molecule has 0 bridgehead atoms. The van der Waals surface area contributed by atoms with Gasteiger partial charge < -0.3 is 20.3 Å². The van der Waals surface area contributed by atoms with E-state index in [0.29, 0.717) is 19.3 Å². The lowest BCUT2D eigenvalue weighted by molar-refractivity contribution is -0.150. The third-order valence-electron chi connectivity index (χ3n) is 12.6. The maximum absolute atomic E-state index is 13.2. The Balaban J connectivity index is 4.67. The van der Waals surface area contributed by atoms with Gasteiger partial charge in [-0.15, -0.1) is 0 Å². The molecule has 0 aliphatic rings. The minimum atomic E-state index is -0.801. The van der Waals surface area contributed by atoms with Crippen LogP contribution in [0.4, 0.5) is 0 Å². The van der Waals surface area contributed by atoms with E-state index in [1.807, 2.05) is 6.08 Å². The second-order valence-corrected chi connectivity index (χ2v) is 19.0. The van der Waals surface area contributed by atoms with Gasteiger partial charge in [-0.25, -0.2) is 0 Å². The Morgan fingerprint density at radius 2 is 0.788 bits per heavy atom. The van der Waals surface area contributed by atoms with Gasteiger partial charge in [-0.3, -0.25) is 9.59 Å². The van der Waals surface area contributed by atoms with Gasteiger partial charge in [0, 0.05) is 6.42 Å². The Morgan fingerprint density at radius 1 is 0.455 bits per heavy atom. The third kappa shape index (κ3) is 47.8. The van der Waals surface area contributed by atoms with E-state index in [1.165, 1.54) is 141 Å². The number of hydrogen-bond acceptors (Lipinski definition) is 5. The average Bonchev–Trinajstić information content (AvgIpc) is 3.31. The fraction of sp³-hybridized carbons (Fsp3) is 0.767. The van der Waals surface area contributed by atoms with Crippen LogP contribution in [0.2, 0.25) is 0 Å². The first-order valence-corrected chi connectivity index (χ1v) is 28.2. The van der Waals surface area contributed by atoms with Crippen LogP contribution in [0, 0.1) is 0 Å². The summed E-state index contributed by atoms with van der Waals surface area (Å²) in [5.74, 6) is -0.566. The van der Waals surface area contributed by atoms with Crippen molar-refractivity contribution in [2.24, 2.45) is 0 Å². The number of carbonyl (C=O) groups excluding carboxylic acids is 2. The molecule has 0 rings (SSSR count). The summed E-state index contributed by atoms with van der Waals surface area (Å²) in [6.45, 7) is 6.37. The third-order valence-corrected chi connectivity index (χ3v) is 12.6. The van der Waals surface area contributed by atoms with E-state index in [0.717, 1.165) is 77.0 Å². The molecule has 0 heterocycles. The highest BCUT2D eigenvalue weighted by atomic mass is 16.5. The van der Waals surface area contributed by atoms with E-state index >= 15 is 0 Å². The molecule has 0 fully saturated rings. The minimum absolute atomic E-state index is 0.0478. The van der Waals surface area contributed by atoms with Gasteiger partial charge in [-0.2, -0.15) is 0 Å². The zero-order chi connectivity index (χ0) is 48.1. The van der Waals surface area contributed by atoms with Gasteiger partial charge >= 0.3 is 5.97 Å². The van der Waals surface area contributed by atoms with E-state index in [-0.39, 0.29) is 31.3 Å². The lowest BCUT2D eigenvalue weighted by Gasteiger charge is -2.24. The lowest BCUT2D eigenvalue weighted by Crippen LogP contribution is -2.46. The summed E-state index contributed by atoms with van der Waals surface area (Å²) in [4.78, 5) is 26.2. The predicted octanol–water partition coefficient (Wildman–Crippen LogP) is 17.3. The van der Waals surface area contributed by atoms with Crippen LogP contribution in [0.25, 0.3) is 0 Å². The van der Waals surface area contributed by atoms with Crippen LogP contribution in [0.5, 0.6) is 0 Å². The zero-order valence-corrected chi connectivity index (χ0v) is 43.6. The van der Waals surface area contributed by atoms with Gasteiger partial charge in [0.25, 0.3) is 0 Å². The molecule has 0 aromatic carbocycles. The topological polar surface area (TPSA) is 95.9 Å². The Bertz CT molecular complexity index is 1220. The molecule has 0 radical (unpaired) electrons. The van der Waals surface area contributed by atoms with Crippen LogP contribution < -0.4 is 5.32 Å². The molecule has 0 aromatic heterocycles. The number of unbranched alkanes of at least 4 members (excludes halogenated alkanes) is 26. The summed E-state index contributed by atoms with van der Waals surface area (Å²) in [5.41, 5.74) is 0. The standard InChI is InChI=1S/C60H107NO5/c1-4-7-10-13-16-19-22-24-26-28-29-31-33-35-38-41-44-47-50-53-60(65)66-56(51-48-45-42-39-37-34-32-30-27-25-23-20-17-14-11-8-5-2)54-59(64)61-57(55-62)58(63)52-49-46-43-40-36-21-18-15-12-9-6-3/h7,10,16,19,24,26,29,31,35,38,44,47,56-58,62-63H,4-6,8-9,11-15,17-18,20-23,25,27-28,30,32-34,36-37,39-43,45-46,48-55H2,1-3H3,(H,61,64)/b10-7-,19-16-,26-24-,31-29-,38-35-,47-44-. The summed E-state index contributed by atoms with van der Waals surface area (Å²) in [5, 5.41) is 23.8. The number of amides is 1. The second-order valence-electron chi connectivity index (χ2n) is 19.0. The van der Waals surface area contributed by atoms with Crippen LogP contribution in [0.1, 0.15) is 271 Å². The Hall–Kier alpha value is -2.70. The summed E-state index contributed by atoms with van der Waals surface area (Å²) in [6, 6.07) is -0.717. The summed E-state index contributed by atoms with van der Waals surface area (Å²) >= 11 is 0. The van der Waals surface area contributed by atoms with Crippen molar-refractivity contribution in [3.63, 3.8) is 0 Å². The van der Waals surface area contributed by atoms with Crippen molar-refractivity contribution in [2.45, 2.75) is 289 Å². The largest absolute Gasteiger partial charge is 0.462 e. The number of allylic oxidation sites excluding steroid dienone is 12. The first-order chi connectivity index (χ1) is 32.5. The SMILES string of the molecule is CC/C=C\C/C=C\C/C=C\C/C=C\C/C=C\C/C=C\CCC(=O)OC(CCCCCCCCCCCCCCCCCCC)CC(=O)NC(CO)C(O)CCCCCCCCCCCCC. The lowest BCUT2D eigenvalue weighted by atomic mass is 10.0. The average molecular weight is 923 g/mol. The maximum Gasteiger partial charge on any atom is 0.306 e. The highest BCUT2D eigenvalue weighted by Gasteiger charge is 2.24. The molecular formula is C60H107NO5. The van der Waals surface area contributed by atoms with Crippen LogP contribution >= 0.6 is 0 Å². The predicted molar refractivity (Wildman–Crippen MR) is 287 cm³/mol. The first-order valence-electron chi connectivity index (χ1n) is 28.2. The van der Waals surface area contributed by atoms with Crippen molar-refractivity contribution >= 4 is 11.9 Å². The van der Waals surface area contributed by atoms with Crippen molar-refractivity contribution in [1.82, 2.24) is 5.32 Å². The van der Waals surface area contributed by atoms with Gasteiger partial charge in [-0.1, -0.05) is 267 Å². The van der Waals surface area contributed by atoms with Gasteiger partial charge in [0.1, 0.15) is 6.10 Å². The normalized spacial score (nSPS) is 13.7. The fourth-order valence-electron chi connectivity index (χ4n) is 8.34. The van der Waals surface area contributed by atoms with Crippen molar-refractivity contribution < 1.29 is 24.5 Å². The molecule has 6 heteroatoms. The van der Waals surface area contributed by atoms with Crippen molar-refractivity contribution in [1.29, 1.82) is 0 Å². The monoisotopic (exact) mass is 922 g/mol. The molecule has 382 valence electrons. The number of aliphatic hydroxyl groups is 2. The van der Waals surface area contributed by atoms with Crippen molar-refractivity contribution in [2.75, 3.05) is 6.61 Å². The maximum atomic E-state index is 13.2. The molecule has 6 nitrogen and oxygen atoms in total. The molecule has 0 saturated carbocycles. The molecule has 3 atom stereocenters. The number of nitrogens with one attached hydrogen (secondary N) is 1. The Morgan fingerprint density at radius 3 is 1.15 bits per heavy atom. The molecule has 3 N–H and O–H groups in total. The second kappa shape index (κ2) is 53.3. The van der Waals surface area contributed by atoms with Gasteiger partial charge in [0.15, 0.2) is 0 Å². The highest BCUT2D eigenvalue weighted by molar-refractivity contribution is 5.77.